The molecular formula is C13H11F2IN2. The Kier molecular flexibility index (Phi) is 4.48. The van der Waals surface area contributed by atoms with Gasteiger partial charge in [-0.3, -0.25) is 0 Å². The van der Waals surface area contributed by atoms with Gasteiger partial charge in [-0.05, 0) is 40.8 Å². The van der Waals surface area contributed by atoms with Crippen molar-refractivity contribution in [2.75, 3.05) is 5.43 Å². The highest BCUT2D eigenvalue weighted by Gasteiger charge is 2.07. The fourth-order valence-corrected chi connectivity index (χ4v) is 1.99. The quantitative estimate of drug-likeness (QED) is 0.494. The molecule has 2 aromatic rings. The minimum atomic E-state index is -0.546. The molecule has 0 unspecified atom stereocenters. The Balaban J connectivity index is 1.97. The lowest BCUT2D eigenvalue weighted by Crippen LogP contribution is -2.21. The molecule has 0 saturated carbocycles. The average Bonchev–Trinajstić information content (AvgIpc) is 2.37. The number of anilines is 1. The van der Waals surface area contributed by atoms with Crippen LogP contribution in [0.1, 0.15) is 5.56 Å². The number of nitrogens with one attached hydrogen (secondary N) is 2. The van der Waals surface area contributed by atoms with Crippen LogP contribution in [0.4, 0.5) is 14.5 Å². The van der Waals surface area contributed by atoms with E-state index < -0.39 is 11.6 Å². The summed E-state index contributed by atoms with van der Waals surface area (Å²) < 4.78 is 26.9. The summed E-state index contributed by atoms with van der Waals surface area (Å²) in [6.45, 7) is 0.275. The summed E-state index contributed by atoms with van der Waals surface area (Å²) in [5.41, 5.74) is 7.14. The van der Waals surface area contributed by atoms with Gasteiger partial charge in [0.25, 0.3) is 0 Å². The highest BCUT2D eigenvalue weighted by Crippen LogP contribution is 2.16. The van der Waals surface area contributed by atoms with E-state index in [1.165, 1.54) is 6.07 Å². The van der Waals surface area contributed by atoms with Crippen LogP contribution >= 0.6 is 22.6 Å². The molecule has 2 N–H and O–H groups in total. The predicted octanol–water partition coefficient (Wildman–Crippen LogP) is 3.69. The summed E-state index contributed by atoms with van der Waals surface area (Å²) >= 11 is 1.84. The van der Waals surface area contributed by atoms with Crippen molar-refractivity contribution in [2.45, 2.75) is 6.54 Å². The molecule has 0 spiro atoms. The number of hydrogen-bond acceptors (Lipinski definition) is 2. The highest BCUT2D eigenvalue weighted by atomic mass is 127. The van der Waals surface area contributed by atoms with Gasteiger partial charge in [0.15, 0.2) is 0 Å². The molecule has 0 amide bonds. The number of rotatable bonds is 4. The Morgan fingerprint density at radius 1 is 1.00 bits per heavy atom. The lowest BCUT2D eigenvalue weighted by molar-refractivity contribution is 0.562. The van der Waals surface area contributed by atoms with Crippen LogP contribution in [-0.2, 0) is 6.54 Å². The molecule has 2 aromatic carbocycles. The first kappa shape index (κ1) is 13.2. The summed E-state index contributed by atoms with van der Waals surface area (Å²) in [6.07, 6.45) is 0. The minimum absolute atomic E-state index is 0.275. The monoisotopic (exact) mass is 360 g/mol. The molecule has 0 radical (unpaired) electrons. The van der Waals surface area contributed by atoms with Crippen LogP contribution in [0, 0.1) is 15.2 Å². The first-order valence-corrected chi connectivity index (χ1v) is 6.42. The van der Waals surface area contributed by atoms with E-state index in [4.69, 9.17) is 0 Å². The zero-order valence-electron chi connectivity index (χ0n) is 9.38. The van der Waals surface area contributed by atoms with E-state index in [9.17, 15) is 8.78 Å². The Hall–Kier alpha value is -1.21. The largest absolute Gasteiger partial charge is 0.321 e. The van der Waals surface area contributed by atoms with E-state index in [0.29, 0.717) is 9.13 Å². The molecule has 0 aliphatic rings. The van der Waals surface area contributed by atoms with Gasteiger partial charge < -0.3 is 5.43 Å². The van der Waals surface area contributed by atoms with Crippen molar-refractivity contribution < 1.29 is 8.78 Å². The average molecular weight is 360 g/mol. The van der Waals surface area contributed by atoms with Crippen LogP contribution in [0.25, 0.3) is 0 Å². The summed E-state index contributed by atoms with van der Waals surface area (Å²) in [5, 5.41) is 0. The standard InChI is InChI=1S/C13H11F2IN2/c14-11-7-12(15)13(16)6-9(11)8-17-18-10-4-2-1-3-5-10/h1-7,17-18H,8H2. The van der Waals surface area contributed by atoms with Gasteiger partial charge >= 0.3 is 0 Å². The molecule has 5 heteroatoms. The van der Waals surface area contributed by atoms with Crippen molar-refractivity contribution >= 4 is 28.3 Å². The number of hydrazine groups is 1. The van der Waals surface area contributed by atoms with E-state index >= 15 is 0 Å². The third-order valence-corrected chi connectivity index (χ3v) is 3.20. The molecule has 2 nitrogen and oxygen atoms in total. The zero-order chi connectivity index (χ0) is 13.0. The minimum Gasteiger partial charge on any atom is -0.321 e. The van der Waals surface area contributed by atoms with Crippen LogP contribution in [0.2, 0.25) is 0 Å². The van der Waals surface area contributed by atoms with E-state index in [1.807, 2.05) is 52.9 Å². The van der Waals surface area contributed by atoms with E-state index in [2.05, 4.69) is 10.9 Å². The molecule has 18 heavy (non-hydrogen) atoms. The molecular weight excluding hydrogens is 349 g/mol. The second-order valence-electron chi connectivity index (χ2n) is 3.70. The maximum Gasteiger partial charge on any atom is 0.139 e. The van der Waals surface area contributed by atoms with Crippen LogP contribution in [-0.4, -0.2) is 0 Å². The Bertz CT molecular complexity index is 532. The molecule has 94 valence electrons. The van der Waals surface area contributed by atoms with Gasteiger partial charge in [0, 0.05) is 27.4 Å². The summed E-state index contributed by atoms with van der Waals surface area (Å²) in [6, 6.07) is 11.9. The van der Waals surface area contributed by atoms with Gasteiger partial charge in [-0.1, -0.05) is 18.2 Å². The summed E-state index contributed by atoms with van der Waals surface area (Å²) in [4.78, 5) is 0. The van der Waals surface area contributed by atoms with Crippen molar-refractivity contribution in [2.24, 2.45) is 0 Å². The topological polar surface area (TPSA) is 24.1 Å². The van der Waals surface area contributed by atoms with Gasteiger partial charge in [0.05, 0.1) is 0 Å². The maximum atomic E-state index is 13.4. The molecule has 0 heterocycles. The van der Waals surface area contributed by atoms with Gasteiger partial charge in [-0.15, -0.1) is 0 Å². The maximum absolute atomic E-state index is 13.4. The van der Waals surface area contributed by atoms with Crippen LogP contribution < -0.4 is 10.9 Å². The fraction of sp³-hybridized carbons (Fsp3) is 0.0769. The van der Waals surface area contributed by atoms with Crippen molar-refractivity contribution in [3.8, 4) is 0 Å². The molecule has 0 aliphatic carbocycles. The first-order chi connectivity index (χ1) is 8.66. The third-order valence-electron chi connectivity index (χ3n) is 2.37. The van der Waals surface area contributed by atoms with Crippen molar-refractivity contribution in [3.63, 3.8) is 0 Å². The Morgan fingerprint density at radius 3 is 2.44 bits per heavy atom. The fourth-order valence-electron chi connectivity index (χ4n) is 1.46. The van der Waals surface area contributed by atoms with E-state index in [1.54, 1.807) is 0 Å². The number of para-hydroxylation sites is 1. The second-order valence-corrected chi connectivity index (χ2v) is 4.86. The van der Waals surface area contributed by atoms with Crippen LogP contribution in [0.15, 0.2) is 42.5 Å². The number of hydrogen-bond donors (Lipinski definition) is 2. The number of benzene rings is 2. The third kappa shape index (κ3) is 3.39. The predicted molar refractivity (Wildman–Crippen MR) is 76.0 cm³/mol. The van der Waals surface area contributed by atoms with Gasteiger partial charge in [0.1, 0.15) is 11.6 Å². The molecule has 2 rings (SSSR count). The summed E-state index contributed by atoms with van der Waals surface area (Å²) in [5.74, 6) is -1.08. The van der Waals surface area contributed by atoms with Crippen molar-refractivity contribution in [1.82, 2.24) is 5.43 Å². The highest BCUT2D eigenvalue weighted by molar-refractivity contribution is 14.1. The first-order valence-electron chi connectivity index (χ1n) is 5.34. The Labute approximate surface area is 118 Å². The van der Waals surface area contributed by atoms with Gasteiger partial charge in [-0.25, -0.2) is 14.2 Å². The molecule has 0 aromatic heterocycles. The second kappa shape index (κ2) is 6.10. The molecule has 0 fully saturated rings. The molecule has 0 bridgehead atoms. The van der Waals surface area contributed by atoms with E-state index in [0.717, 1.165) is 11.8 Å². The van der Waals surface area contributed by atoms with Crippen molar-refractivity contribution in [1.29, 1.82) is 0 Å². The lowest BCUT2D eigenvalue weighted by Gasteiger charge is -2.09. The number of halogens is 3. The smallest absolute Gasteiger partial charge is 0.139 e. The Morgan fingerprint density at radius 2 is 1.72 bits per heavy atom. The van der Waals surface area contributed by atoms with Crippen LogP contribution in [0.5, 0.6) is 0 Å². The van der Waals surface area contributed by atoms with Crippen LogP contribution in [0.3, 0.4) is 0 Å². The van der Waals surface area contributed by atoms with Gasteiger partial charge in [-0.2, -0.15) is 0 Å². The van der Waals surface area contributed by atoms with E-state index in [-0.39, 0.29) is 6.54 Å². The molecule has 0 aliphatic heterocycles. The normalized spacial score (nSPS) is 10.4. The zero-order valence-corrected chi connectivity index (χ0v) is 11.5. The lowest BCUT2D eigenvalue weighted by atomic mass is 10.2. The summed E-state index contributed by atoms with van der Waals surface area (Å²) in [7, 11) is 0. The molecule has 0 saturated heterocycles. The van der Waals surface area contributed by atoms with Crippen molar-refractivity contribution in [3.05, 3.63) is 63.2 Å². The molecule has 0 atom stereocenters. The SMILES string of the molecule is Fc1cc(F)c(CNNc2ccccc2)cc1I. The van der Waals surface area contributed by atoms with Gasteiger partial charge in [0.2, 0.25) is 0 Å².